The molecular formula is C14H20N2O3. The summed E-state index contributed by atoms with van der Waals surface area (Å²) in [6.45, 7) is 2.47. The molecule has 0 saturated carbocycles. The molecule has 1 aromatic rings. The summed E-state index contributed by atoms with van der Waals surface area (Å²) in [5, 5.41) is 5.69. The third-order valence-corrected chi connectivity index (χ3v) is 2.64. The second kappa shape index (κ2) is 8.26. The van der Waals surface area contributed by atoms with E-state index in [-0.39, 0.29) is 5.91 Å². The maximum Gasteiger partial charge on any atom is 0.329 e. The van der Waals surface area contributed by atoms with E-state index in [1.54, 1.807) is 0 Å². The SMILES string of the molecule is COC(=O)C(CNCCc1ccccc1)NC(C)=O. The number of hydrogen-bond donors (Lipinski definition) is 2. The highest BCUT2D eigenvalue weighted by molar-refractivity contribution is 5.83. The zero-order valence-electron chi connectivity index (χ0n) is 11.3. The van der Waals surface area contributed by atoms with Crippen LogP contribution in [0.4, 0.5) is 0 Å². The van der Waals surface area contributed by atoms with Crippen molar-refractivity contribution < 1.29 is 14.3 Å². The van der Waals surface area contributed by atoms with Gasteiger partial charge in [-0.3, -0.25) is 4.79 Å². The zero-order valence-corrected chi connectivity index (χ0v) is 11.3. The van der Waals surface area contributed by atoms with Gasteiger partial charge >= 0.3 is 5.97 Å². The van der Waals surface area contributed by atoms with Crippen LogP contribution in [0.15, 0.2) is 30.3 Å². The maximum absolute atomic E-state index is 11.4. The lowest BCUT2D eigenvalue weighted by Crippen LogP contribution is -2.47. The Morgan fingerprint density at radius 3 is 2.53 bits per heavy atom. The average molecular weight is 264 g/mol. The molecule has 0 saturated heterocycles. The minimum atomic E-state index is -0.640. The highest BCUT2D eigenvalue weighted by Crippen LogP contribution is 1.98. The summed E-state index contributed by atoms with van der Waals surface area (Å²) < 4.78 is 4.63. The van der Waals surface area contributed by atoms with Gasteiger partial charge in [0.2, 0.25) is 5.91 Å². The van der Waals surface area contributed by atoms with E-state index in [2.05, 4.69) is 15.4 Å². The number of esters is 1. The molecule has 2 N–H and O–H groups in total. The summed E-state index contributed by atoms with van der Waals surface area (Å²) >= 11 is 0. The number of ether oxygens (including phenoxy) is 1. The highest BCUT2D eigenvalue weighted by Gasteiger charge is 2.19. The number of carbonyl (C=O) groups excluding carboxylic acids is 2. The van der Waals surface area contributed by atoms with Crippen LogP contribution < -0.4 is 10.6 Å². The maximum atomic E-state index is 11.4. The van der Waals surface area contributed by atoms with Gasteiger partial charge in [0.15, 0.2) is 0 Å². The van der Waals surface area contributed by atoms with Gasteiger partial charge in [0.1, 0.15) is 6.04 Å². The summed E-state index contributed by atoms with van der Waals surface area (Å²) in [5.74, 6) is -0.692. The smallest absolute Gasteiger partial charge is 0.329 e. The fourth-order valence-corrected chi connectivity index (χ4v) is 1.70. The Labute approximate surface area is 113 Å². The average Bonchev–Trinajstić information content (AvgIpc) is 2.42. The standard InChI is InChI=1S/C14H20N2O3/c1-11(17)16-13(14(18)19-2)10-15-9-8-12-6-4-3-5-7-12/h3-7,13,15H,8-10H2,1-2H3,(H,16,17). The molecule has 0 aliphatic heterocycles. The molecule has 0 aromatic heterocycles. The fourth-order valence-electron chi connectivity index (χ4n) is 1.70. The van der Waals surface area contributed by atoms with Crippen molar-refractivity contribution in [3.8, 4) is 0 Å². The summed E-state index contributed by atoms with van der Waals surface area (Å²) in [4.78, 5) is 22.4. The number of methoxy groups -OCH3 is 1. The van der Waals surface area contributed by atoms with E-state index in [0.717, 1.165) is 13.0 Å². The second-order valence-corrected chi connectivity index (χ2v) is 4.22. The van der Waals surface area contributed by atoms with Crippen molar-refractivity contribution in [3.05, 3.63) is 35.9 Å². The van der Waals surface area contributed by atoms with Gasteiger partial charge in [-0.2, -0.15) is 0 Å². The largest absolute Gasteiger partial charge is 0.467 e. The van der Waals surface area contributed by atoms with E-state index in [1.807, 2.05) is 30.3 Å². The topological polar surface area (TPSA) is 67.4 Å². The van der Waals surface area contributed by atoms with Crippen LogP contribution in [-0.4, -0.2) is 38.1 Å². The van der Waals surface area contributed by atoms with Crippen LogP contribution in [0.1, 0.15) is 12.5 Å². The molecule has 0 aliphatic carbocycles. The Kier molecular flexibility index (Phi) is 6.60. The molecule has 1 rings (SSSR count). The van der Waals surface area contributed by atoms with E-state index in [9.17, 15) is 9.59 Å². The molecule has 0 aliphatic rings. The Balaban J connectivity index is 2.32. The molecule has 19 heavy (non-hydrogen) atoms. The number of benzene rings is 1. The molecule has 5 heteroatoms. The summed E-state index contributed by atoms with van der Waals surface area (Å²) in [7, 11) is 1.31. The number of nitrogens with one attached hydrogen (secondary N) is 2. The van der Waals surface area contributed by atoms with Gasteiger partial charge in [-0.25, -0.2) is 4.79 Å². The molecule has 0 heterocycles. The molecule has 104 valence electrons. The number of carbonyl (C=O) groups is 2. The predicted octanol–water partition coefficient (Wildman–Crippen LogP) is 0.496. The molecule has 1 amide bonds. The molecular weight excluding hydrogens is 244 g/mol. The summed E-state index contributed by atoms with van der Waals surface area (Å²) in [5.41, 5.74) is 1.23. The van der Waals surface area contributed by atoms with Crippen LogP contribution >= 0.6 is 0 Å². The molecule has 1 aromatic carbocycles. The van der Waals surface area contributed by atoms with Gasteiger partial charge in [-0.1, -0.05) is 30.3 Å². The Bertz CT molecular complexity index is 406. The van der Waals surface area contributed by atoms with Gasteiger partial charge in [0.25, 0.3) is 0 Å². The van der Waals surface area contributed by atoms with Gasteiger partial charge in [-0.05, 0) is 18.5 Å². The Morgan fingerprint density at radius 1 is 1.26 bits per heavy atom. The first-order valence-corrected chi connectivity index (χ1v) is 6.23. The first-order chi connectivity index (χ1) is 9.13. The van der Waals surface area contributed by atoms with Crippen molar-refractivity contribution >= 4 is 11.9 Å². The first-order valence-electron chi connectivity index (χ1n) is 6.23. The lowest BCUT2D eigenvalue weighted by atomic mass is 10.1. The van der Waals surface area contributed by atoms with Gasteiger partial charge in [0.05, 0.1) is 7.11 Å². The van der Waals surface area contributed by atoms with Crippen molar-refractivity contribution in [2.75, 3.05) is 20.2 Å². The van der Waals surface area contributed by atoms with Crippen LogP contribution in [0.3, 0.4) is 0 Å². The Hall–Kier alpha value is -1.88. The van der Waals surface area contributed by atoms with E-state index in [0.29, 0.717) is 6.54 Å². The minimum absolute atomic E-state index is 0.250. The van der Waals surface area contributed by atoms with Gasteiger partial charge in [-0.15, -0.1) is 0 Å². The third-order valence-electron chi connectivity index (χ3n) is 2.64. The second-order valence-electron chi connectivity index (χ2n) is 4.22. The van der Waals surface area contributed by atoms with E-state index < -0.39 is 12.0 Å². The lowest BCUT2D eigenvalue weighted by molar-refractivity contribution is -0.144. The van der Waals surface area contributed by atoms with Crippen LogP contribution in [0, 0.1) is 0 Å². The van der Waals surface area contributed by atoms with Crippen LogP contribution in [-0.2, 0) is 20.7 Å². The number of amides is 1. The fraction of sp³-hybridized carbons (Fsp3) is 0.429. The highest BCUT2D eigenvalue weighted by atomic mass is 16.5. The molecule has 0 bridgehead atoms. The quantitative estimate of drug-likeness (QED) is 0.556. The third kappa shape index (κ3) is 6.01. The van der Waals surface area contributed by atoms with E-state index in [4.69, 9.17) is 0 Å². The van der Waals surface area contributed by atoms with Crippen LogP contribution in [0.25, 0.3) is 0 Å². The molecule has 0 radical (unpaired) electrons. The van der Waals surface area contributed by atoms with Gasteiger partial charge in [0, 0.05) is 13.5 Å². The van der Waals surface area contributed by atoms with Crippen molar-refractivity contribution in [1.29, 1.82) is 0 Å². The van der Waals surface area contributed by atoms with Crippen molar-refractivity contribution in [1.82, 2.24) is 10.6 Å². The lowest BCUT2D eigenvalue weighted by Gasteiger charge is -2.16. The summed E-state index contributed by atoms with van der Waals surface area (Å²) in [6.07, 6.45) is 0.870. The molecule has 5 nitrogen and oxygen atoms in total. The Morgan fingerprint density at radius 2 is 1.95 bits per heavy atom. The van der Waals surface area contributed by atoms with Crippen molar-refractivity contribution in [2.45, 2.75) is 19.4 Å². The molecule has 0 fully saturated rings. The van der Waals surface area contributed by atoms with Crippen molar-refractivity contribution in [3.63, 3.8) is 0 Å². The van der Waals surface area contributed by atoms with Crippen LogP contribution in [0.5, 0.6) is 0 Å². The zero-order chi connectivity index (χ0) is 14.1. The van der Waals surface area contributed by atoms with Gasteiger partial charge < -0.3 is 15.4 Å². The van der Waals surface area contributed by atoms with Crippen LogP contribution in [0.2, 0.25) is 0 Å². The molecule has 1 atom stereocenters. The predicted molar refractivity (Wildman–Crippen MR) is 72.6 cm³/mol. The molecule has 1 unspecified atom stereocenters. The van der Waals surface area contributed by atoms with Crippen molar-refractivity contribution in [2.24, 2.45) is 0 Å². The van der Waals surface area contributed by atoms with E-state index >= 15 is 0 Å². The minimum Gasteiger partial charge on any atom is -0.467 e. The normalized spacial score (nSPS) is 11.7. The van der Waals surface area contributed by atoms with E-state index in [1.165, 1.54) is 19.6 Å². The summed E-state index contributed by atoms with van der Waals surface area (Å²) in [6, 6.07) is 9.41. The number of rotatable bonds is 7. The molecule has 0 spiro atoms. The number of hydrogen-bond acceptors (Lipinski definition) is 4. The first kappa shape index (κ1) is 15.2. The monoisotopic (exact) mass is 264 g/mol.